The van der Waals surface area contributed by atoms with Crippen LogP contribution in [-0.4, -0.2) is 66.0 Å². The second-order valence-electron chi connectivity index (χ2n) is 4.91. The van der Waals surface area contributed by atoms with Crippen LogP contribution in [0.25, 0.3) is 0 Å². The third kappa shape index (κ3) is 4.40. The summed E-state index contributed by atoms with van der Waals surface area (Å²) < 4.78 is 0. The number of carboxylic acid groups (broad SMARTS) is 1. The lowest BCUT2D eigenvalue weighted by Crippen LogP contribution is -2.50. The van der Waals surface area contributed by atoms with Crippen LogP contribution in [0.15, 0.2) is 0 Å². The van der Waals surface area contributed by atoms with Gasteiger partial charge in [0.25, 0.3) is 0 Å². The van der Waals surface area contributed by atoms with Crippen LogP contribution in [-0.2, 0) is 9.59 Å². The molecule has 0 aromatic heterocycles. The van der Waals surface area contributed by atoms with E-state index >= 15 is 0 Å². The van der Waals surface area contributed by atoms with Crippen LogP contribution in [0.1, 0.15) is 26.2 Å². The van der Waals surface area contributed by atoms with Crippen molar-refractivity contribution in [3.05, 3.63) is 0 Å². The van der Waals surface area contributed by atoms with E-state index in [1.54, 1.807) is 11.9 Å². The van der Waals surface area contributed by atoms with Gasteiger partial charge in [0, 0.05) is 33.2 Å². The number of hydrogen-bond acceptors (Lipinski definition) is 3. The molecule has 7 nitrogen and oxygen atoms in total. The SMILES string of the molecule is CCN(CCC(=O)O)C(=O)N1CCCC(C(=O)NC)C1. The van der Waals surface area contributed by atoms with E-state index in [9.17, 15) is 14.4 Å². The van der Waals surface area contributed by atoms with Gasteiger partial charge in [0.2, 0.25) is 5.91 Å². The second kappa shape index (κ2) is 7.72. The number of carbonyl (C=O) groups is 3. The van der Waals surface area contributed by atoms with Crippen molar-refractivity contribution in [2.75, 3.05) is 33.2 Å². The summed E-state index contributed by atoms with van der Waals surface area (Å²) in [5.74, 6) is -1.13. The van der Waals surface area contributed by atoms with Crippen molar-refractivity contribution < 1.29 is 19.5 Å². The maximum absolute atomic E-state index is 12.3. The number of amides is 3. The molecule has 1 aliphatic heterocycles. The van der Waals surface area contributed by atoms with Crippen molar-refractivity contribution in [2.45, 2.75) is 26.2 Å². The van der Waals surface area contributed by atoms with Crippen LogP contribution >= 0.6 is 0 Å². The van der Waals surface area contributed by atoms with Gasteiger partial charge in [-0.2, -0.15) is 0 Å². The van der Waals surface area contributed by atoms with Crippen molar-refractivity contribution in [1.29, 1.82) is 0 Å². The number of rotatable bonds is 5. The van der Waals surface area contributed by atoms with Crippen LogP contribution in [0.2, 0.25) is 0 Å². The first-order chi connectivity index (χ1) is 9.49. The maximum atomic E-state index is 12.3. The number of hydrogen-bond donors (Lipinski definition) is 2. The highest BCUT2D eigenvalue weighted by Gasteiger charge is 2.29. The van der Waals surface area contributed by atoms with Crippen LogP contribution in [0, 0.1) is 5.92 Å². The van der Waals surface area contributed by atoms with E-state index in [0.29, 0.717) is 19.6 Å². The van der Waals surface area contributed by atoms with E-state index < -0.39 is 5.97 Å². The predicted molar refractivity (Wildman–Crippen MR) is 73.3 cm³/mol. The molecule has 3 amide bonds. The minimum Gasteiger partial charge on any atom is -0.481 e. The average molecular weight is 285 g/mol. The Hall–Kier alpha value is -1.79. The number of carboxylic acids is 1. The first-order valence-corrected chi connectivity index (χ1v) is 6.96. The maximum Gasteiger partial charge on any atom is 0.320 e. The monoisotopic (exact) mass is 285 g/mol. The Labute approximate surface area is 118 Å². The fourth-order valence-corrected chi connectivity index (χ4v) is 2.39. The molecular weight excluding hydrogens is 262 g/mol. The lowest BCUT2D eigenvalue weighted by atomic mass is 9.97. The van der Waals surface area contributed by atoms with Crippen LogP contribution in [0.4, 0.5) is 4.79 Å². The van der Waals surface area contributed by atoms with Gasteiger partial charge in [-0.05, 0) is 19.8 Å². The summed E-state index contributed by atoms with van der Waals surface area (Å²) >= 11 is 0. The summed E-state index contributed by atoms with van der Waals surface area (Å²) in [6, 6.07) is -0.178. The summed E-state index contributed by atoms with van der Waals surface area (Å²) in [5.41, 5.74) is 0. The lowest BCUT2D eigenvalue weighted by Gasteiger charge is -2.35. The minimum absolute atomic E-state index is 0.0453. The van der Waals surface area contributed by atoms with Crippen molar-refractivity contribution in [3.8, 4) is 0 Å². The summed E-state index contributed by atoms with van der Waals surface area (Å²) in [5, 5.41) is 11.3. The Morgan fingerprint density at radius 1 is 1.40 bits per heavy atom. The molecule has 1 aliphatic rings. The number of likely N-dealkylation sites (tertiary alicyclic amines) is 1. The highest BCUT2D eigenvalue weighted by Crippen LogP contribution is 2.18. The number of piperidine rings is 1. The Morgan fingerprint density at radius 3 is 2.65 bits per heavy atom. The minimum atomic E-state index is -0.918. The zero-order chi connectivity index (χ0) is 15.1. The van der Waals surface area contributed by atoms with E-state index in [0.717, 1.165) is 12.8 Å². The van der Waals surface area contributed by atoms with Gasteiger partial charge in [-0.3, -0.25) is 9.59 Å². The topological polar surface area (TPSA) is 90.0 Å². The van der Waals surface area contributed by atoms with Crippen molar-refractivity contribution in [2.24, 2.45) is 5.92 Å². The molecule has 1 unspecified atom stereocenters. The molecule has 7 heteroatoms. The molecule has 1 heterocycles. The molecule has 1 atom stereocenters. The van der Waals surface area contributed by atoms with Gasteiger partial charge >= 0.3 is 12.0 Å². The zero-order valence-corrected chi connectivity index (χ0v) is 12.1. The molecule has 1 rings (SSSR count). The summed E-state index contributed by atoms with van der Waals surface area (Å²) in [6.07, 6.45) is 1.51. The van der Waals surface area contributed by atoms with Gasteiger partial charge in [-0.1, -0.05) is 0 Å². The van der Waals surface area contributed by atoms with E-state index in [1.165, 1.54) is 4.90 Å². The van der Waals surface area contributed by atoms with Crippen LogP contribution in [0.5, 0.6) is 0 Å². The van der Waals surface area contributed by atoms with Gasteiger partial charge in [0.15, 0.2) is 0 Å². The molecule has 0 saturated carbocycles. The number of aliphatic carboxylic acids is 1. The average Bonchev–Trinajstić information content (AvgIpc) is 2.46. The Morgan fingerprint density at radius 2 is 2.10 bits per heavy atom. The van der Waals surface area contributed by atoms with Gasteiger partial charge < -0.3 is 20.2 Å². The third-order valence-corrected chi connectivity index (χ3v) is 3.56. The molecule has 114 valence electrons. The summed E-state index contributed by atoms with van der Waals surface area (Å²) in [7, 11) is 1.59. The molecular formula is C13H23N3O4. The van der Waals surface area contributed by atoms with Gasteiger partial charge in [0.05, 0.1) is 12.3 Å². The van der Waals surface area contributed by atoms with Gasteiger partial charge in [-0.25, -0.2) is 4.79 Å². The molecule has 0 aromatic carbocycles. The molecule has 0 spiro atoms. The van der Waals surface area contributed by atoms with Crippen LogP contribution in [0.3, 0.4) is 0 Å². The normalized spacial score (nSPS) is 18.5. The van der Waals surface area contributed by atoms with E-state index in [1.807, 2.05) is 6.92 Å². The molecule has 1 fully saturated rings. The standard InChI is InChI=1S/C13H23N3O4/c1-3-15(8-6-11(17)18)13(20)16-7-4-5-10(9-16)12(19)14-2/h10H,3-9H2,1-2H3,(H,14,19)(H,17,18). The first-order valence-electron chi connectivity index (χ1n) is 6.96. The summed E-state index contributed by atoms with van der Waals surface area (Å²) in [6.45, 7) is 3.51. The van der Waals surface area contributed by atoms with E-state index in [4.69, 9.17) is 5.11 Å². The molecule has 0 aliphatic carbocycles. The molecule has 1 saturated heterocycles. The highest BCUT2D eigenvalue weighted by molar-refractivity contribution is 5.80. The molecule has 0 radical (unpaired) electrons. The fourth-order valence-electron chi connectivity index (χ4n) is 2.39. The molecule has 0 bridgehead atoms. The molecule has 0 aromatic rings. The zero-order valence-electron chi connectivity index (χ0n) is 12.1. The lowest BCUT2D eigenvalue weighted by molar-refractivity contribution is -0.137. The second-order valence-corrected chi connectivity index (χ2v) is 4.91. The number of nitrogens with zero attached hydrogens (tertiary/aromatic N) is 2. The largest absolute Gasteiger partial charge is 0.481 e. The number of urea groups is 1. The quantitative estimate of drug-likeness (QED) is 0.763. The first kappa shape index (κ1) is 16.3. The van der Waals surface area contributed by atoms with Crippen molar-refractivity contribution in [1.82, 2.24) is 15.1 Å². The van der Waals surface area contributed by atoms with Crippen LogP contribution < -0.4 is 5.32 Å². The van der Waals surface area contributed by atoms with Crippen molar-refractivity contribution >= 4 is 17.9 Å². The smallest absolute Gasteiger partial charge is 0.320 e. The number of nitrogens with one attached hydrogen (secondary N) is 1. The van der Waals surface area contributed by atoms with E-state index in [2.05, 4.69) is 5.32 Å². The van der Waals surface area contributed by atoms with Gasteiger partial charge in [-0.15, -0.1) is 0 Å². The highest BCUT2D eigenvalue weighted by atomic mass is 16.4. The van der Waals surface area contributed by atoms with E-state index in [-0.39, 0.29) is 30.8 Å². The third-order valence-electron chi connectivity index (χ3n) is 3.56. The van der Waals surface area contributed by atoms with Gasteiger partial charge in [0.1, 0.15) is 0 Å². The molecule has 2 N–H and O–H groups in total. The number of carbonyl (C=O) groups excluding carboxylic acids is 2. The Bertz CT molecular complexity index is 373. The Balaban J connectivity index is 2.59. The molecule has 20 heavy (non-hydrogen) atoms. The summed E-state index contributed by atoms with van der Waals surface area (Å²) in [4.78, 5) is 37.7. The fraction of sp³-hybridized carbons (Fsp3) is 0.769. The predicted octanol–water partition coefficient (Wildman–Crippen LogP) is 0.361. The van der Waals surface area contributed by atoms with Crippen molar-refractivity contribution in [3.63, 3.8) is 0 Å². The Kier molecular flexibility index (Phi) is 6.27.